The molecule has 196 valence electrons. The van der Waals surface area contributed by atoms with Gasteiger partial charge in [0.1, 0.15) is 11.6 Å². The molecule has 0 spiro atoms. The van der Waals surface area contributed by atoms with Crippen LogP contribution in [0.5, 0.6) is 5.75 Å². The molecule has 3 aromatic carbocycles. The normalized spacial score (nSPS) is 18.3. The molecular formula is C32H33FN2O3. The summed E-state index contributed by atoms with van der Waals surface area (Å²) in [6, 6.07) is 20.3. The average molecular weight is 513 g/mol. The lowest BCUT2D eigenvalue weighted by Gasteiger charge is -2.37. The summed E-state index contributed by atoms with van der Waals surface area (Å²) in [5.74, 6) is -0.393. The van der Waals surface area contributed by atoms with Gasteiger partial charge in [-0.15, -0.1) is 0 Å². The third-order valence-electron chi connectivity index (χ3n) is 7.19. The number of amides is 1. The number of fused-ring (bicyclic) bond motifs is 1. The Kier molecular flexibility index (Phi) is 7.06. The Morgan fingerprint density at radius 1 is 1.03 bits per heavy atom. The van der Waals surface area contributed by atoms with Gasteiger partial charge in [0.15, 0.2) is 5.78 Å². The second-order valence-corrected chi connectivity index (χ2v) is 10.8. The molecule has 3 aromatic rings. The highest BCUT2D eigenvalue weighted by atomic mass is 19.1. The minimum absolute atomic E-state index is 0.0174. The molecule has 0 aromatic heterocycles. The van der Waals surface area contributed by atoms with Crippen LogP contribution >= 0.6 is 0 Å². The van der Waals surface area contributed by atoms with E-state index in [1.165, 1.54) is 12.1 Å². The smallest absolute Gasteiger partial charge is 0.262 e. The molecule has 0 bridgehead atoms. The fraction of sp³-hybridized carbons (Fsp3) is 0.312. The number of rotatable bonds is 6. The first-order valence-corrected chi connectivity index (χ1v) is 13.2. The second kappa shape index (κ2) is 10.4. The summed E-state index contributed by atoms with van der Waals surface area (Å²) >= 11 is 0. The molecule has 0 saturated heterocycles. The average Bonchev–Trinajstić information content (AvgIpc) is 3.03. The Bertz CT molecular complexity index is 1390. The molecule has 1 aliphatic carbocycles. The van der Waals surface area contributed by atoms with E-state index in [2.05, 4.69) is 26.1 Å². The van der Waals surface area contributed by atoms with E-state index in [9.17, 15) is 14.0 Å². The topological polar surface area (TPSA) is 58.6 Å². The van der Waals surface area contributed by atoms with E-state index in [4.69, 9.17) is 4.74 Å². The molecule has 0 saturated carbocycles. The highest BCUT2D eigenvalue weighted by molar-refractivity contribution is 6.12. The summed E-state index contributed by atoms with van der Waals surface area (Å²) in [7, 11) is 0. The number of carbonyl (C=O) groups excluding carboxylic acids is 2. The molecule has 1 heterocycles. The highest BCUT2D eigenvalue weighted by Gasteiger charge is 2.43. The zero-order valence-electron chi connectivity index (χ0n) is 22.1. The number of nitrogens with zero attached hydrogens (tertiary/aromatic N) is 1. The Morgan fingerprint density at radius 2 is 1.74 bits per heavy atom. The minimum atomic E-state index is -0.735. The first-order valence-electron chi connectivity index (χ1n) is 13.2. The van der Waals surface area contributed by atoms with E-state index in [0.29, 0.717) is 36.4 Å². The predicted molar refractivity (Wildman–Crippen MR) is 148 cm³/mol. The van der Waals surface area contributed by atoms with Crippen LogP contribution < -0.4 is 15.0 Å². The van der Waals surface area contributed by atoms with Crippen molar-refractivity contribution in [3.05, 3.63) is 101 Å². The zero-order chi connectivity index (χ0) is 26.9. The standard InChI is InChI=1S/C32H33FN2O3/c1-4-5-18-38-22-16-14-21(15-17-22)30-29-26(19-32(2,3)20-28(29)36)34-25-12-8-9-13-27(25)35(30)31(37)23-10-6-7-11-24(23)33/h6-17,30,34H,4-5,18-20H2,1-3H3. The number of Topliss-reactive ketones (excluding diaryl/α,β-unsaturated/α-hetero) is 1. The molecule has 2 aliphatic rings. The maximum atomic E-state index is 15.0. The number of hydrogen-bond donors (Lipinski definition) is 1. The SMILES string of the molecule is CCCCOc1ccc(C2C3=C(CC(C)(C)CC3=O)Nc3ccccc3N2C(=O)c2ccccc2F)cc1. The van der Waals surface area contributed by atoms with Gasteiger partial charge in [-0.05, 0) is 60.2 Å². The Labute approximate surface area is 223 Å². The van der Waals surface area contributed by atoms with Crippen molar-refractivity contribution in [3.63, 3.8) is 0 Å². The van der Waals surface area contributed by atoms with Gasteiger partial charge in [0.2, 0.25) is 0 Å². The predicted octanol–water partition coefficient (Wildman–Crippen LogP) is 7.46. The number of ether oxygens (including phenoxy) is 1. The summed E-state index contributed by atoms with van der Waals surface area (Å²) in [4.78, 5) is 29.6. The van der Waals surface area contributed by atoms with Crippen molar-refractivity contribution in [2.75, 3.05) is 16.8 Å². The molecule has 5 rings (SSSR count). The maximum Gasteiger partial charge on any atom is 0.262 e. The zero-order valence-corrected chi connectivity index (χ0v) is 22.1. The lowest BCUT2D eigenvalue weighted by atomic mass is 9.73. The molecule has 0 fully saturated rings. The van der Waals surface area contributed by atoms with Crippen molar-refractivity contribution >= 4 is 23.1 Å². The van der Waals surface area contributed by atoms with Crippen molar-refractivity contribution in [1.82, 2.24) is 0 Å². The van der Waals surface area contributed by atoms with E-state index in [1.807, 2.05) is 48.5 Å². The number of para-hydroxylation sites is 2. The van der Waals surface area contributed by atoms with Crippen LogP contribution in [0.25, 0.3) is 0 Å². The van der Waals surface area contributed by atoms with Crippen molar-refractivity contribution in [3.8, 4) is 5.75 Å². The summed E-state index contributed by atoms with van der Waals surface area (Å²) in [6.07, 6.45) is 3.01. The molecule has 1 amide bonds. The van der Waals surface area contributed by atoms with Gasteiger partial charge in [-0.1, -0.05) is 63.6 Å². The Balaban J connectivity index is 1.70. The van der Waals surface area contributed by atoms with Crippen LogP contribution in [-0.4, -0.2) is 18.3 Å². The van der Waals surface area contributed by atoms with Crippen LogP contribution in [0.1, 0.15) is 68.4 Å². The quantitative estimate of drug-likeness (QED) is 0.348. The number of ketones is 1. The summed E-state index contributed by atoms with van der Waals surface area (Å²) in [5.41, 5.74) is 3.13. The number of benzene rings is 3. The number of halogens is 1. The molecule has 0 radical (unpaired) electrons. The molecule has 1 atom stereocenters. The molecule has 1 N–H and O–H groups in total. The number of unbranched alkanes of at least 4 members (excludes halogenated alkanes) is 1. The van der Waals surface area contributed by atoms with E-state index in [1.54, 1.807) is 17.0 Å². The molecular weight excluding hydrogens is 479 g/mol. The van der Waals surface area contributed by atoms with E-state index in [0.717, 1.165) is 29.9 Å². The number of anilines is 2. The van der Waals surface area contributed by atoms with Crippen LogP contribution in [0, 0.1) is 11.2 Å². The first kappa shape index (κ1) is 25.7. The maximum absolute atomic E-state index is 15.0. The lowest BCUT2D eigenvalue weighted by molar-refractivity contribution is -0.118. The third kappa shape index (κ3) is 4.95. The largest absolute Gasteiger partial charge is 0.494 e. The van der Waals surface area contributed by atoms with Crippen molar-refractivity contribution in [1.29, 1.82) is 0 Å². The van der Waals surface area contributed by atoms with Crippen LogP contribution in [0.2, 0.25) is 0 Å². The van der Waals surface area contributed by atoms with Gasteiger partial charge < -0.3 is 10.1 Å². The lowest BCUT2D eigenvalue weighted by Crippen LogP contribution is -2.39. The fourth-order valence-electron chi connectivity index (χ4n) is 5.37. The molecule has 5 nitrogen and oxygen atoms in total. The number of allylic oxidation sites excluding steroid dienone is 1. The molecule has 6 heteroatoms. The first-order chi connectivity index (χ1) is 18.3. The minimum Gasteiger partial charge on any atom is -0.494 e. The van der Waals surface area contributed by atoms with Gasteiger partial charge in [-0.25, -0.2) is 4.39 Å². The Hall–Kier alpha value is -3.93. The van der Waals surface area contributed by atoms with Crippen LogP contribution in [0.3, 0.4) is 0 Å². The van der Waals surface area contributed by atoms with E-state index in [-0.39, 0.29) is 16.8 Å². The molecule has 1 aliphatic heterocycles. The number of hydrogen-bond acceptors (Lipinski definition) is 4. The second-order valence-electron chi connectivity index (χ2n) is 10.8. The Morgan fingerprint density at radius 3 is 2.47 bits per heavy atom. The van der Waals surface area contributed by atoms with Crippen molar-refractivity contribution in [2.24, 2.45) is 5.41 Å². The van der Waals surface area contributed by atoms with E-state index >= 15 is 0 Å². The molecule has 1 unspecified atom stereocenters. The fourth-order valence-corrected chi connectivity index (χ4v) is 5.37. The van der Waals surface area contributed by atoms with Crippen molar-refractivity contribution < 1.29 is 18.7 Å². The van der Waals surface area contributed by atoms with Gasteiger partial charge in [0, 0.05) is 17.7 Å². The number of carbonyl (C=O) groups is 2. The van der Waals surface area contributed by atoms with Gasteiger partial charge in [-0.2, -0.15) is 0 Å². The van der Waals surface area contributed by atoms with Crippen LogP contribution in [-0.2, 0) is 4.79 Å². The third-order valence-corrected chi connectivity index (χ3v) is 7.19. The van der Waals surface area contributed by atoms with Crippen molar-refractivity contribution in [2.45, 2.75) is 52.5 Å². The van der Waals surface area contributed by atoms with Crippen LogP contribution in [0.4, 0.5) is 15.8 Å². The van der Waals surface area contributed by atoms with E-state index < -0.39 is 17.8 Å². The van der Waals surface area contributed by atoms with Gasteiger partial charge >= 0.3 is 0 Å². The summed E-state index contributed by atoms with van der Waals surface area (Å²) in [5, 5.41) is 3.49. The van der Waals surface area contributed by atoms with Gasteiger partial charge in [-0.3, -0.25) is 14.5 Å². The van der Waals surface area contributed by atoms with Gasteiger partial charge in [0.05, 0.1) is 29.6 Å². The number of nitrogens with one attached hydrogen (secondary N) is 1. The summed E-state index contributed by atoms with van der Waals surface area (Å²) < 4.78 is 20.8. The highest BCUT2D eigenvalue weighted by Crippen LogP contribution is 2.48. The monoisotopic (exact) mass is 512 g/mol. The van der Waals surface area contributed by atoms with Gasteiger partial charge in [0.25, 0.3) is 5.91 Å². The molecule has 38 heavy (non-hydrogen) atoms. The van der Waals surface area contributed by atoms with Crippen LogP contribution in [0.15, 0.2) is 84.1 Å². The summed E-state index contributed by atoms with van der Waals surface area (Å²) in [6.45, 7) is 6.89.